The largest absolute Gasteiger partial charge is 0.468 e. The smallest absolute Gasteiger partial charge is 0.323 e. The van der Waals surface area contributed by atoms with Crippen LogP contribution >= 0.6 is 11.6 Å². The summed E-state index contributed by atoms with van der Waals surface area (Å²) in [5.41, 5.74) is 1.13. The lowest BCUT2D eigenvalue weighted by Crippen LogP contribution is -2.43. The van der Waals surface area contributed by atoms with Crippen LogP contribution < -0.4 is 5.32 Å². The fourth-order valence-corrected chi connectivity index (χ4v) is 2.15. The Bertz CT molecular complexity index is 403. The molecule has 2 atom stereocenters. The predicted octanol–water partition coefficient (Wildman–Crippen LogP) is 3.58. The van der Waals surface area contributed by atoms with E-state index in [0.717, 1.165) is 12.0 Å². The number of halogens is 1. The number of methoxy groups -OCH3 is 1. The van der Waals surface area contributed by atoms with E-state index in [0.29, 0.717) is 5.02 Å². The van der Waals surface area contributed by atoms with Gasteiger partial charge < -0.3 is 4.74 Å². The topological polar surface area (TPSA) is 38.3 Å². The highest BCUT2D eigenvalue weighted by Gasteiger charge is 2.25. The maximum atomic E-state index is 11.8. The summed E-state index contributed by atoms with van der Waals surface area (Å²) in [5.74, 6) is -0.0452. The van der Waals surface area contributed by atoms with Gasteiger partial charge in [-0.05, 0) is 30.0 Å². The quantitative estimate of drug-likeness (QED) is 0.811. The molecule has 3 nitrogen and oxygen atoms in total. The molecule has 0 fully saturated rings. The first-order valence-corrected chi connectivity index (χ1v) is 6.96. The summed E-state index contributed by atoms with van der Waals surface area (Å²) in [6, 6.07) is 7.51. The van der Waals surface area contributed by atoms with Gasteiger partial charge in [-0.2, -0.15) is 0 Å². The zero-order valence-corrected chi connectivity index (χ0v) is 12.7. The Balaban J connectivity index is 2.85. The third kappa shape index (κ3) is 4.51. The van der Waals surface area contributed by atoms with E-state index in [4.69, 9.17) is 16.3 Å². The molecule has 0 aliphatic heterocycles. The molecule has 0 bridgehead atoms. The molecule has 4 heteroatoms. The van der Waals surface area contributed by atoms with E-state index < -0.39 is 0 Å². The van der Waals surface area contributed by atoms with Gasteiger partial charge in [-0.15, -0.1) is 0 Å². The highest BCUT2D eigenvalue weighted by molar-refractivity contribution is 6.30. The molecule has 2 unspecified atom stereocenters. The van der Waals surface area contributed by atoms with E-state index in [1.807, 2.05) is 38.1 Å². The van der Waals surface area contributed by atoms with E-state index >= 15 is 0 Å². The van der Waals surface area contributed by atoms with Gasteiger partial charge in [0.05, 0.1) is 7.11 Å². The summed E-state index contributed by atoms with van der Waals surface area (Å²) >= 11 is 5.89. The van der Waals surface area contributed by atoms with Crippen molar-refractivity contribution in [3.63, 3.8) is 0 Å². The second-order valence-electron chi connectivity index (χ2n) is 4.92. The van der Waals surface area contributed by atoms with Crippen LogP contribution in [0.15, 0.2) is 24.3 Å². The SMILES string of the molecule is CCC(NC(C(=O)OC)C(C)C)c1ccc(Cl)cc1. The molecular formula is C15H22ClNO2. The molecule has 0 saturated carbocycles. The summed E-state index contributed by atoms with van der Waals surface area (Å²) in [6.45, 7) is 6.09. The maximum Gasteiger partial charge on any atom is 0.323 e. The van der Waals surface area contributed by atoms with Crippen molar-refractivity contribution in [2.75, 3.05) is 7.11 Å². The zero-order valence-electron chi connectivity index (χ0n) is 11.9. The van der Waals surface area contributed by atoms with Crippen LogP contribution in [0, 0.1) is 5.92 Å². The third-order valence-corrected chi connectivity index (χ3v) is 3.44. The van der Waals surface area contributed by atoms with Crippen molar-refractivity contribution in [2.45, 2.75) is 39.3 Å². The van der Waals surface area contributed by atoms with E-state index in [2.05, 4.69) is 12.2 Å². The number of rotatable bonds is 6. The maximum absolute atomic E-state index is 11.8. The molecule has 0 saturated heterocycles. The van der Waals surface area contributed by atoms with Crippen LogP contribution in [0.25, 0.3) is 0 Å². The molecule has 0 radical (unpaired) electrons. The fourth-order valence-electron chi connectivity index (χ4n) is 2.02. The number of benzene rings is 1. The lowest BCUT2D eigenvalue weighted by atomic mass is 9.99. The van der Waals surface area contributed by atoms with Crippen LogP contribution in [0.3, 0.4) is 0 Å². The van der Waals surface area contributed by atoms with Gasteiger partial charge in [-0.25, -0.2) is 0 Å². The standard InChI is InChI=1S/C15H22ClNO2/c1-5-13(11-6-8-12(16)9-7-11)17-14(10(2)3)15(18)19-4/h6-10,13-14,17H,5H2,1-4H3. The van der Waals surface area contributed by atoms with Crippen molar-refractivity contribution in [3.8, 4) is 0 Å². The van der Waals surface area contributed by atoms with Crippen LogP contribution in [0.2, 0.25) is 5.02 Å². The van der Waals surface area contributed by atoms with Gasteiger partial charge in [0.25, 0.3) is 0 Å². The van der Waals surface area contributed by atoms with Crippen LogP contribution in [-0.4, -0.2) is 19.1 Å². The van der Waals surface area contributed by atoms with E-state index in [-0.39, 0.29) is 24.0 Å². The number of carbonyl (C=O) groups is 1. The second kappa shape index (κ2) is 7.51. The molecule has 0 aromatic heterocycles. The van der Waals surface area contributed by atoms with Gasteiger partial charge in [0.15, 0.2) is 0 Å². The average Bonchev–Trinajstić information content (AvgIpc) is 2.40. The summed E-state index contributed by atoms with van der Waals surface area (Å²) in [4.78, 5) is 11.8. The first-order valence-electron chi connectivity index (χ1n) is 6.58. The highest BCUT2D eigenvalue weighted by atomic mass is 35.5. The van der Waals surface area contributed by atoms with Gasteiger partial charge in [0.2, 0.25) is 0 Å². The molecule has 0 spiro atoms. The second-order valence-corrected chi connectivity index (χ2v) is 5.36. The minimum Gasteiger partial charge on any atom is -0.468 e. The Labute approximate surface area is 120 Å². The van der Waals surface area contributed by atoms with Crippen LogP contribution in [-0.2, 0) is 9.53 Å². The van der Waals surface area contributed by atoms with E-state index in [1.54, 1.807) is 0 Å². The Morgan fingerprint density at radius 1 is 1.32 bits per heavy atom. The molecule has 0 heterocycles. The van der Waals surface area contributed by atoms with Crippen LogP contribution in [0.5, 0.6) is 0 Å². The average molecular weight is 284 g/mol. The number of ether oxygens (including phenoxy) is 1. The Morgan fingerprint density at radius 3 is 2.32 bits per heavy atom. The normalized spacial score (nSPS) is 14.2. The van der Waals surface area contributed by atoms with Gasteiger partial charge in [-0.1, -0.05) is 44.5 Å². The number of hydrogen-bond donors (Lipinski definition) is 1. The van der Waals surface area contributed by atoms with Crippen molar-refractivity contribution in [3.05, 3.63) is 34.9 Å². The molecule has 0 aliphatic carbocycles. The summed E-state index contributed by atoms with van der Waals surface area (Å²) in [6.07, 6.45) is 0.891. The number of carbonyl (C=O) groups excluding carboxylic acids is 1. The zero-order chi connectivity index (χ0) is 14.4. The predicted molar refractivity (Wildman–Crippen MR) is 78.3 cm³/mol. The number of nitrogens with one attached hydrogen (secondary N) is 1. The Kier molecular flexibility index (Phi) is 6.32. The van der Waals surface area contributed by atoms with Gasteiger partial charge >= 0.3 is 5.97 Å². The summed E-state index contributed by atoms with van der Waals surface area (Å²) < 4.78 is 4.85. The van der Waals surface area contributed by atoms with Crippen LogP contribution in [0.4, 0.5) is 0 Å². The first-order chi connectivity index (χ1) is 8.99. The molecule has 19 heavy (non-hydrogen) atoms. The molecule has 1 aromatic carbocycles. The lowest BCUT2D eigenvalue weighted by Gasteiger charge is -2.26. The molecular weight excluding hydrogens is 262 g/mol. The fraction of sp³-hybridized carbons (Fsp3) is 0.533. The van der Waals surface area contributed by atoms with Crippen LogP contribution in [0.1, 0.15) is 38.8 Å². The lowest BCUT2D eigenvalue weighted by molar-refractivity contribution is -0.144. The number of esters is 1. The minimum atomic E-state index is -0.300. The third-order valence-electron chi connectivity index (χ3n) is 3.18. The highest BCUT2D eigenvalue weighted by Crippen LogP contribution is 2.21. The molecule has 0 aliphatic rings. The van der Waals surface area contributed by atoms with Gasteiger partial charge in [0.1, 0.15) is 6.04 Å². The van der Waals surface area contributed by atoms with Crippen molar-refractivity contribution in [2.24, 2.45) is 5.92 Å². The first kappa shape index (κ1) is 16.0. The monoisotopic (exact) mass is 283 g/mol. The van der Waals surface area contributed by atoms with Crippen molar-refractivity contribution in [1.82, 2.24) is 5.32 Å². The Hall–Kier alpha value is -1.06. The van der Waals surface area contributed by atoms with Crippen molar-refractivity contribution >= 4 is 17.6 Å². The summed E-state index contributed by atoms with van der Waals surface area (Å²) in [7, 11) is 1.42. The van der Waals surface area contributed by atoms with E-state index in [1.165, 1.54) is 7.11 Å². The molecule has 106 valence electrons. The van der Waals surface area contributed by atoms with Crippen molar-refractivity contribution in [1.29, 1.82) is 0 Å². The van der Waals surface area contributed by atoms with Gasteiger partial charge in [0, 0.05) is 11.1 Å². The summed E-state index contributed by atoms with van der Waals surface area (Å²) in [5, 5.41) is 4.09. The Morgan fingerprint density at radius 2 is 1.89 bits per heavy atom. The molecule has 1 N–H and O–H groups in total. The molecule has 0 amide bonds. The molecule has 1 aromatic rings. The number of hydrogen-bond acceptors (Lipinski definition) is 3. The molecule has 1 rings (SSSR count). The van der Waals surface area contributed by atoms with Crippen molar-refractivity contribution < 1.29 is 9.53 Å². The minimum absolute atomic E-state index is 0.115. The van der Waals surface area contributed by atoms with E-state index in [9.17, 15) is 4.79 Å². The van der Waals surface area contributed by atoms with Gasteiger partial charge in [-0.3, -0.25) is 10.1 Å².